The topological polar surface area (TPSA) is 63.2 Å². The minimum Gasteiger partial charge on any atom is -0.298 e. The molecule has 0 aliphatic rings. The minimum atomic E-state index is -3.98. The summed E-state index contributed by atoms with van der Waals surface area (Å²) in [6.45, 7) is 0. The van der Waals surface area contributed by atoms with E-state index in [1.807, 2.05) is 0 Å². The van der Waals surface area contributed by atoms with Crippen LogP contribution >= 0.6 is 0 Å². The fraction of sp³-hybridized carbons (Fsp3) is 0. The normalized spacial score (nSPS) is 11.0. The number of carbonyl (C=O) groups is 1. The van der Waals surface area contributed by atoms with Crippen molar-refractivity contribution in [2.24, 2.45) is 0 Å². The van der Waals surface area contributed by atoms with Crippen LogP contribution in [0.1, 0.15) is 10.4 Å². The van der Waals surface area contributed by atoms with Crippen LogP contribution in [0.3, 0.4) is 0 Å². The number of nitrogens with one attached hydrogen (secondary N) is 1. The summed E-state index contributed by atoms with van der Waals surface area (Å²) in [5.74, 6) is -0.820. The van der Waals surface area contributed by atoms with Gasteiger partial charge >= 0.3 is 0 Å². The lowest BCUT2D eigenvalue weighted by atomic mass is 10.2. The average molecular weight is 279 g/mol. The van der Waals surface area contributed by atoms with E-state index in [9.17, 15) is 17.6 Å². The number of benzene rings is 2. The monoisotopic (exact) mass is 279 g/mol. The Morgan fingerprint density at radius 1 is 1.00 bits per heavy atom. The van der Waals surface area contributed by atoms with E-state index < -0.39 is 20.7 Å². The van der Waals surface area contributed by atoms with Gasteiger partial charge in [0, 0.05) is 11.3 Å². The SMILES string of the molecule is O=Cc1ccc(NS(=O)(=O)c2ccccc2F)cc1. The lowest BCUT2D eigenvalue weighted by Gasteiger charge is -2.08. The Morgan fingerprint density at radius 2 is 1.63 bits per heavy atom. The summed E-state index contributed by atoms with van der Waals surface area (Å²) in [7, 11) is -3.98. The zero-order chi connectivity index (χ0) is 13.9. The van der Waals surface area contributed by atoms with Gasteiger partial charge in [0.15, 0.2) is 0 Å². The Morgan fingerprint density at radius 3 is 2.21 bits per heavy atom. The predicted molar refractivity (Wildman–Crippen MR) is 69.0 cm³/mol. The van der Waals surface area contributed by atoms with Crippen molar-refractivity contribution < 1.29 is 17.6 Å². The highest BCUT2D eigenvalue weighted by Gasteiger charge is 2.18. The Hall–Kier alpha value is -2.21. The molecule has 1 N–H and O–H groups in total. The van der Waals surface area contributed by atoms with Gasteiger partial charge in [-0.25, -0.2) is 12.8 Å². The fourth-order valence-electron chi connectivity index (χ4n) is 1.50. The standard InChI is InChI=1S/C13H10FNO3S/c14-12-3-1-2-4-13(12)19(17,18)15-11-7-5-10(9-16)6-8-11/h1-9,15H. The molecule has 2 aromatic carbocycles. The predicted octanol–water partition coefficient (Wildman–Crippen LogP) is 2.44. The molecule has 0 saturated heterocycles. The van der Waals surface area contributed by atoms with Crippen molar-refractivity contribution in [1.82, 2.24) is 0 Å². The fourth-order valence-corrected chi connectivity index (χ4v) is 2.64. The van der Waals surface area contributed by atoms with Crippen LogP contribution in [0.2, 0.25) is 0 Å². The van der Waals surface area contributed by atoms with E-state index in [0.717, 1.165) is 6.07 Å². The Balaban J connectivity index is 2.31. The quantitative estimate of drug-likeness (QED) is 0.874. The van der Waals surface area contributed by atoms with Crippen LogP contribution in [0.15, 0.2) is 53.4 Å². The molecule has 4 nitrogen and oxygen atoms in total. The molecule has 0 unspecified atom stereocenters. The molecular formula is C13H10FNO3S. The molecule has 19 heavy (non-hydrogen) atoms. The lowest BCUT2D eigenvalue weighted by molar-refractivity contribution is 0.112. The third-order valence-electron chi connectivity index (χ3n) is 2.43. The number of aldehydes is 1. The van der Waals surface area contributed by atoms with Gasteiger partial charge in [0.25, 0.3) is 10.0 Å². The summed E-state index contributed by atoms with van der Waals surface area (Å²) in [4.78, 5) is 10.1. The smallest absolute Gasteiger partial charge is 0.264 e. The number of carbonyl (C=O) groups excluding carboxylic acids is 1. The molecule has 98 valence electrons. The van der Waals surface area contributed by atoms with Crippen LogP contribution in [0.4, 0.5) is 10.1 Å². The van der Waals surface area contributed by atoms with Crippen LogP contribution in [0.5, 0.6) is 0 Å². The van der Waals surface area contributed by atoms with Crippen molar-refractivity contribution in [2.45, 2.75) is 4.90 Å². The highest BCUT2D eigenvalue weighted by Crippen LogP contribution is 2.18. The molecule has 2 rings (SSSR count). The van der Waals surface area contributed by atoms with E-state index in [1.54, 1.807) is 0 Å². The highest BCUT2D eigenvalue weighted by molar-refractivity contribution is 7.92. The maximum absolute atomic E-state index is 13.4. The van der Waals surface area contributed by atoms with Crippen molar-refractivity contribution in [3.8, 4) is 0 Å². The zero-order valence-electron chi connectivity index (χ0n) is 9.71. The minimum absolute atomic E-state index is 0.258. The van der Waals surface area contributed by atoms with Gasteiger partial charge in [-0.15, -0.1) is 0 Å². The number of hydrogen-bond donors (Lipinski definition) is 1. The third kappa shape index (κ3) is 2.97. The first-order valence-electron chi connectivity index (χ1n) is 5.35. The van der Waals surface area contributed by atoms with Crippen molar-refractivity contribution in [1.29, 1.82) is 0 Å². The van der Waals surface area contributed by atoms with Crippen molar-refractivity contribution in [2.75, 3.05) is 4.72 Å². The van der Waals surface area contributed by atoms with Crippen LogP contribution in [-0.2, 0) is 10.0 Å². The summed E-state index contributed by atoms with van der Waals surface area (Å²) in [6.07, 6.45) is 0.648. The number of rotatable bonds is 4. The first-order chi connectivity index (χ1) is 9.03. The second-order valence-electron chi connectivity index (χ2n) is 3.78. The Kier molecular flexibility index (Phi) is 3.62. The van der Waals surface area contributed by atoms with Gasteiger partial charge in [-0.1, -0.05) is 12.1 Å². The van der Waals surface area contributed by atoms with Gasteiger partial charge in [0.2, 0.25) is 0 Å². The molecule has 0 radical (unpaired) electrons. The van der Waals surface area contributed by atoms with Crippen LogP contribution in [0.25, 0.3) is 0 Å². The Labute approximate surface area is 109 Å². The number of sulfonamides is 1. The van der Waals surface area contributed by atoms with E-state index in [2.05, 4.69) is 4.72 Å². The highest BCUT2D eigenvalue weighted by atomic mass is 32.2. The third-order valence-corrected chi connectivity index (χ3v) is 3.84. The first kappa shape index (κ1) is 13.2. The summed E-state index contributed by atoms with van der Waals surface area (Å²) in [6, 6.07) is 10.9. The summed E-state index contributed by atoms with van der Waals surface area (Å²) >= 11 is 0. The lowest BCUT2D eigenvalue weighted by Crippen LogP contribution is -2.14. The first-order valence-corrected chi connectivity index (χ1v) is 6.84. The maximum Gasteiger partial charge on any atom is 0.264 e. The molecule has 0 saturated carbocycles. The molecule has 0 aromatic heterocycles. The van der Waals surface area contributed by atoms with E-state index in [1.165, 1.54) is 42.5 Å². The maximum atomic E-state index is 13.4. The summed E-state index contributed by atoms with van der Waals surface area (Å²) in [5, 5.41) is 0. The van der Waals surface area contributed by atoms with E-state index in [-0.39, 0.29) is 5.69 Å². The molecule has 0 fully saturated rings. The molecule has 2 aromatic rings. The van der Waals surface area contributed by atoms with Crippen molar-refractivity contribution in [3.63, 3.8) is 0 Å². The van der Waals surface area contributed by atoms with E-state index in [4.69, 9.17) is 0 Å². The molecule has 0 amide bonds. The molecule has 0 aliphatic heterocycles. The molecule has 0 bridgehead atoms. The second-order valence-corrected chi connectivity index (χ2v) is 5.43. The van der Waals surface area contributed by atoms with Crippen molar-refractivity contribution in [3.05, 3.63) is 59.9 Å². The van der Waals surface area contributed by atoms with Gasteiger partial charge in [-0.2, -0.15) is 0 Å². The second kappa shape index (κ2) is 5.19. The van der Waals surface area contributed by atoms with Gasteiger partial charge in [-0.05, 0) is 36.4 Å². The van der Waals surface area contributed by atoms with E-state index in [0.29, 0.717) is 11.8 Å². The van der Waals surface area contributed by atoms with Crippen molar-refractivity contribution >= 4 is 22.0 Å². The van der Waals surface area contributed by atoms with Crippen LogP contribution < -0.4 is 4.72 Å². The molecule has 6 heteroatoms. The molecule has 0 atom stereocenters. The van der Waals surface area contributed by atoms with Gasteiger partial charge in [0.1, 0.15) is 17.0 Å². The average Bonchev–Trinajstić information content (AvgIpc) is 2.39. The van der Waals surface area contributed by atoms with Crippen LogP contribution in [-0.4, -0.2) is 14.7 Å². The molecule has 0 heterocycles. The zero-order valence-corrected chi connectivity index (χ0v) is 10.5. The summed E-state index contributed by atoms with van der Waals surface area (Å²) in [5.41, 5.74) is 0.683. The van der Waals surface area contributed by atoms with Gasteiger partial charge in [-0.3, -0.25) is 9.52 Å². The number of hydrogen-bond acceptors (Lipinski definition) is 3. The Bertz CT molecular complexity index is 696. The summed E-state index contributed by atoms with van der Waals surface area (Å²) < 4.78 is 39.6. The van der Waals surface area contributed by atoms with Gasteiger partial charge in [0.05, 0.1) is 0 Å². The number of anilines is 1. The molecule has 0 aliphatic carbocycles. The number of halogens is 1. The van der Waals surface area contributed by atoms with E-state index >= 15 is 0 Å². The molecular weight excluding hydrogens is 269 g/mol. The van der Waals surface area contributed by atoms with Gasteiger partial charge < -0.3 is 0 Å². The van der Waals surface area contributed by atoms with Crippen LogP contribution in [0, 0.1) is 5.82 Å². The molecule has 0 spiro atoms. The largest absolute Gasteiger partial charge is 0.298 e.